The fourth-order valence-corrected chi connectivity index (χ4v) is 1.24. The van der Waals surface area contributed by atoms with Gasteiger partial charge in [-0.3, -0.25) is 4.79 Å². The average molecular weight is 181 g/mol. The van der Waals surface area contributed by atoms with Crippen molar-refractivity contribution in [3.05, 3.63) is 12.0 Å². The fourth-order valence-electron chi connectivity index (χ4n) is 0.717. The molecule has 2 N–H and O–H groups in total. The van der Waals surface area contributed by atoms with Crippen molar-refractivity contribution in [2.75, 3.05) is 0 Å². The lowest BCUT2D eigenvalue weighted by molar-refractivity contribution is 0.0991. The molecule has 0 aliphatic rings. The maximum absolute atomic E-state index is 10.6. The van der Waals surface area contributed by atoms with E-state index in [0.717, 1.165) is 11.5 Å². The first kappa shape index (κ1) is 7.04. The summed E-state index contributed by atoms with van der Waals surface area (Å²) in [5, 5.41) is 3.71. The number of carbonyl (C=O) groups excluding carboxylic acids is 1. The zero-order valence-electron chi connectivity index (χ0n) is 5.76. The molecule has 0 aliphatic carbocycles. The van der Waals surface area contributed by atoms with E-state index in [1.54, 1.807) is 0 Å². The van der Waals surface area contributed by atoms with Crippen molar-refractivity contribution >= 4 is 27.8 Å². The van der Waals surface area contributed by atoms with Gasteiger partial charge in [0.2, 0.25) is 5.82 Å². The van der Waals surface area contributed by atoms with Gasteiger partial charge in [0.25, 0.3) is 5.91 Å². The Balaban J connectivity index is 2.68. The molecule has 12 heavy (non-hydrogen) atoms. The number of nitrogens with zero attached hydrogens (tertiary/aromatic N) is 4. The Morgan fingerprint density at radius 1 is 1.58 bits per heavy atom. The number of hydrogen-bond donors (Lipinski definition) is 1. The molecule has 2 rings (SSSR count). The lowest BCUT2D eigenvalue weighted by Gasteiger charge is -1.90. The van der Waals surface area contributed by atoms with Crippen molar-refractivity contribution in [1.82, 2.24) is 19.6 Å². The molecule has 0 spiro atoms. The number of carbonyl (C=O) groups is 1. The minimum Gasteiger partial charge on any atom is -0.363 e. The van der Waals surface area contributed by atoms with Crippen LogP contribution < -0.4 is 5.73 Å². The molecule has 0 aromatic carbocycles. The molecule has 2 heterocycles. The van der Waals surface area contributed by atoms with Crippen molar-refractivity contribution in [3.63, 3.8) is 0 Å². The summed E-state index contributed by atoms with van der Waals surface area (Å²) in [4.78, 5) is 18.7. The summed E-state index contributed by atoms with van der Waals surface area (Å²) < 4.78 is 3.64. The van der Waals surface area contributed by atoms with E-state index < -0.39 is 5.91 Å². The van der Waals surface area contributed by atoms with Crippen LogP contribution in [0.15, 0.2) is 6.20 Å². The molecule has 0 radical (unpaired) electrons. The summed E-state index contributed by atoms with van der Waals surface area (Å²) in [5.41, 5.74) is 5.55. The molecule has 1 amide bonds. The van der Waals surface area contributed by atoms with E-state index in [4.69, 9.17) is 5.73 Å². The largest absolute Gasteiger partial charge is 0.363 e. The van der Waals surface area contributed by atoms with Gasteiger partial charge in [0, 0.05) is 11.5 Å². The summed E-state index contributed by atoms with van der Waals surface area (Å²) in [7, 11) is 0. The number of nitrogens with two attached hydrogens (primary N) is 1. The number of amides is 1. The van der Waals surface area contributed by atoms with Crippen LogP contribution in [-0.4, -0.2) is 25.5 Å². The SMILES string of the molecule is NC(=O)c1ncc2nnsc2n1. The van der Waals surface area contributed by atoms with Crippen LogP contribution in [0.4, 0.5) is 0 Å². The topological polar surface area (TPSA) is 94.7 Å². The third-order valence-corrected chi connectivity index (χ3v) is 1.87. The summed E-state index contributed by atoms with van der Waals surface area (Å²) in [5.74, 6) is -0.654. The van der Waals surface area contributed by atoms with Crippen LogP contribution in [-0.2, 0) is 0 Å². The molecular weight excluding hydrogens is 178 g/mol. The Bertz CT molecular complexity index is 438. The molecule has 7 heteroatoms. The highest BCUT2D eigenvalue weighted by atomic mass is 32.1. The van der Waals surface area contributed by atoms with Gasteiger partial charge in [-0.2, -0.15) is 0 Å². The van der Waals surface area contributed by atoms with Gasteiger partial charge in [0.1, 0.15) is 5.52 Å². The summed E-state index contributed by atoms with van der Waals surface area (Å²) in [6, 6.07) is 0. The zero-order valence-corrected chi connectivity index (χ0v) is 6.58. The van der Waals surface area contributed by atoms with Gasteiger partial charge in [0.05, 0.1) is 6.20 Å². The lowest BCUT2D eigenvalue weighted by Crippen LogP contribution is -2.14. The van der Waals surface area contributed by atoms with E-state index >= 15 is 0 Å². The number of rotatable bonds is 1. The molecule has 0 saturated heterocycles. The fraction of sp³-hybridized carbons (Fsp3) is 0. The summed E-state index contributed by atoms with van der Waals surface area (Å²) in [6.07, 6.45) is 1.42. The van der Waals surface area contributed by atoms with Crippen molar-refractivity contribution in [3.8, 4) is 0 Å². The Morgan fingerprint density at radius 3 is 3.17 bits per heavy atom. The van der Waals surface area contributed by atoms with Gasteiger partial charge in [-0.25, -0.2) is 9.97 Å². The van der Waals surface area contributed by atoms with Gasteiger partial charge in [-0.1, -0.05) is 4.49 Å². The van der Waals surface area contributed by atoms with E-state index in [1.165, 1.54) is 6.20 Å². The van der Waals surface area contributed by atoms with Gasteiger partial charge >= 0.3 is 0 Å². The Kier molecular flexibility index (Phi) is 1.44. The second-order valence-corrected chi connectivity index (χ2v) is 2.75. The smallest absolute Gasteiger partial charge is 0.286 e. The highest BCUT2D eigenvalue weighted by Crippen LogP contribution is 2.09. The zero-order chi connectivity index (χ0) is 8.55. The Hall–Kier alpha value is -1.63. The van der Waals surface area contributed by atoms with Crippen LogP contribution in [0.5, 0.6) is 0 Å². The summed E-state index contributed by atoms with van der Waals surface area (Å²) >= 11 is 1.10. The van der Waals surface area contributed by atoms with Crippen molar-refractivity contribution in [2.24, 2.45) is 5.73 Å². The van der Waals surface area contributed by atoms with Crippen LogP contribution in [0.25, 0.3) is 10.3 Å². The Morgan fingerprint density at radius 2 is 2.42 bits per heavy atom. The van der Waals surface area contributed by atoms with Crippen LogP contribution >= 0.6 is 11.5 Å². The average Bonchev–Trinajstić information content (AvgIpc) is 2.49. The van der Waals surface area contributed by atoms with E-state index in [0.29, 0.717) is 10.3 Å². The number of hydrogen-bond acceptors (Lipinski definition) is 6. The van der Waals surface area contributed by atoms with Gasteiger partial charge in [0.15, 0.2) is 4.83 Å². The van der Waals surface area contributed by atoms with Crippen molar-refractivity contribution < 1.29 is 4.79 Å². The predicted octanol–water partition coefficient (Wildman–Crippen LogP) is -0.420. The van der Waals surface area contributed by atoms with Crippen LogP contribution in [0.3, 0.4) is 0 Å². The second-order valence-electron chi connectivity index (χ2n) is 2.02. The number of aromatic nitrogens is 4. The minimum atomic E-state index is -0.648. The first-order valence-corrected chi connectivity index (χ1v) is 3.79. The molecule has 0 aliphatic heterocycles. The van der Waals surface area contributed by atoms with Crippen LogP contribution in [0.1, 0.15) is 10.6 Å². The third kappa shape index (κ3) is 0.996. The number of fused-ring (bicyclic) bond motifs is 1. The first-order valence-electron chi connectivity index (χ1n) is 3.02. The monoisotopic (exact) mass is 181 g/mol. The molecule has 0 fully saturated rings. The number of primary amides is 1. The molecule has 6 nitrogen and oxygen atoms in total. The molecule has 2 aromatic rings. The minimum absolute atomic E-state index is 0.00597. The third-order valence-electron chi connectivity index (χ3n) is 1.23. The van der Waals surface area contributed by atoms with Gasteiger partial charge in [-0.05, 0) is 0 Å². The maximum Gasteiger partial charge on any atom is 0.286 e. The first-order chi connectivity index (χ1) is 5.77. The van der Waals surface area contributed by atoms with Crippen LogP contribution in [0, 0.1) is 0 Å². The maximum atomic E-state index is 10.6. The van der Waals surface area contributed by atoms with Crippen LogP contribution in [0.2, 0.25) is 0 Å². The second kappa shape index (κ2) is 2.45. The lowest BCUT2D eigenvalue weighted by atomic mass is 10.5. The quantitative estimate of drug-likeness (QED) is 0.644. The predicted molar refractivity (Wildman–Crippen MR) is 41.5 cm³/mol. The van der Waals surface area contributed by atoms with Crippen molar-refractivity contribution in [2.45, 2.75) is 0 Å². The van der Waals surface area contributed by atoms with E-state index in [-0.39, 0.29) is 5.82 Å². The van der Waals surface area contributed by atoms with E-state index in [1.807, 2.05) is 0 Å². The highest BCUT2D eigenvalue weighted by Gasteiger charge is 2.06. The molecular formula is C5H3N5OS. The van der Waals surface area contributed by atoms with Gasteiger partial charge in [-0.15, -0.1) is 5.10 Å². The Labute approximate surface area is 70.6 Å². The summed E-state index contributed by atoms with van der Waals surface area (Å²) in [6.45, 7) is 0. The van der Waals surface area contributed by atoms with E-state index in [2.05, 4.69) is 19.6 Å². The molecule has 2 aromatic heterocycles. The molecule has 60 valence electrons. The van der Waals surface area contributed by atoms with E-state index in [9.17, 15) is 4.79 Å². The standard InChI is InChI=1S/C5H3N5OS/c6-3(11)4-7-1-2-5(8-4)12-10-9-2/h1H,(H2,6,11). The molecule has 0 saturated carbocycles. The normalized spacial score (nSPS) is 10.3. The molecule has 0 atom stereocenters. The molecule has 0 unspecified atom stereocenters. The molecule has 0 bridgehead atoms. The van der Waals surface area contributed by atoms with Crippen molar-refractivity contribution in [1.29, 1.82) is 0 Å². The van der Waals surface area contributed by atoms with Gasteiger partial charge < -0.3 is 5.73 Å². The highest BCUT2D eigenvalue weighted by molar-refractivity contribution is 7.12.